The van der Waals surface area contributed by atoms with Gasteiger partial charge in [0, 0.05) is 19.0 Å². The van der Waals surface area contributed by atoms with Crippen molar-refractivity contribution in [3.05, 3.63) is 0 Å². The Morgan fingerprint density at radius 3 is 2.56 bits per heavy atom. The van der Waals surface area contributed by atoms with Gasteiger partial charge in [-0.1, -0.05) is 27.2 Å². The van der Waals surface area contributed by atoms with Crippen molar-refractivity contribution in [3.8, 4) is 0 Å². The largest absolute Gasteiger partial charge is 0.355 e. The first-order valence-corrected chi connectivity index (χ1v) is 6.62. The molecular weight excluding hydrogens is 200 g/mol. The number of carbonyl (C=O) groups excluding carboxylic acids is 1. The summed E-state index contributed by atoms with van der Waals surface area (Å²) in [4.78, 5) is 11.8. The Morgan fingerprint density at radius 2 is 2.06 bits per heavy atom. The predicted molar refractivity (Wildman–Crippen MR) is 67.3 cm³/mol. The molecule has 0 saturated heterocycles. The van der Waals surface area contributed by atoms with Gasteiger partial charge in [-0.15, -0.1) is 0 Å². The third-order valence-electron chi connectivity index (χ3n) is 3.52. The minimum Gasteiger partial charge on any atom is -0.355 e. The lowest BCUT2D eigenvalue weighted by molar-refractivity contribution is -0.124. The first-order chi connectivity index (χ1) is 7.63. The van der Waals surface area contributed by atoms with Crippen LogP contribution in [0.2, 0.25) is 0 Å². The molecule has 3 nitrogen and oxygen atoms in total. The lowest BCUT2D eigenvalue weighted by atomic mass is 10.0. The molecule has 1 saturated carbocycles. The fourth-order valence-corrected chi connectivity index (χ4v) is 2.12. The molecule has 0 bridgehead atoms. The van der Waals surface area contributed by atoms with Crippen LogP contribution in [0.3, 0.4) is 0 Å². The molecule has 1 fully saturated rings. The van der Waals surface area contributed by atoms with Crippen LogP contribution in [0.15, 0.2) is 0 Å². The highest BCUT2D eigenvalue weighted by atomic mass is 16.1. The minimum absolute atomic E-state index is 0.0809. The van der Waals surface area contributed by atoms with Crippen molar-refractivity contribution in [2.45, 2.75) is 46.5 Å². The van der Waals surface area contributed by atoms with E-state index >= 15 is 0 Å². The van der Waals surface area contributed by atoms with E-state index in [0.29, 0.717) is 5.41 Å². The van der Waals surface area contributed by atoms with E-state index in [4.69, 9.17) is 0 Å². The van der Waals surface area contributed by atoms with Crippen molar-refractivity contribution in [2.24, 2.45) is 11.3 Å². The van der Waals surface area contributed by atoms with Crippen LogP contribution in [0.4, 0.5) is 0 Å². The Labute approximate surface area is 99.4 Å². The highest BCUT2D eigenvalue weighted by Gasteiger charge is 2.41. The van der Waals surface area contributed by atoms with Gasteiger partial charge in [-0.2, -0.15) is 0 Å². The van der Waals surface area contributed by atoms with Crippen molar-refractivity contribution in [3.63, 3.8) is 0 Å². The lowest BCUT2D eigenvalue weighted by Gasteiger charge is -2.17. The molecule has 0 aliphatic heterocycles. The summed E-state index contributed by atoms with van der Waals surface area (Å²) in [7, 11) is 0. The molecule has 1 aliphatic carbocycles. The van der Waals surface area contributed by atoms with Crippen molar-refractivity contribution in [1.82, 2.24) is 10.6 Å². The Kier molecular flexibility index (Phi) is 5.26. The molecule has 3 heteroatoms. The van der Waals surface area contributed by atoms with Gasteiger partial charge in [-0.25, -0.2) is 0 Å². The van der Waals surface area contributed by atoms with Crippen LogP contribution >= 0.6 is 0 Å². The Balaban J connectivity index is 2.19. The van der Waals surface area contributed by atoms with Gasteiger partial charge in [0.05, 0.1) is 0 Å². The second kappa shape index (κ2) is 6.24. The first-order valence-electron chi connectivity index (χ1n) is 6.62. The second-order valence-electron chi connectivity index (χ2n) is 5.18. The maximum absolute atomic E-state index is 11.8. The zero-order valence-corrected chi connectivity index (χ0v) is 10.9. The summed E-state index contributed by atoms with van der Waals surface area (Å²) < 4.78 is 0. The summed E-state index contributed by atoms with van der Waals surface area (Å²) in [6, 6.07) is 0. The lowest BCUT2D eigenvalue weighted by Crippen LogP contribution is -2.38. The first kappa shape index (κ1) is 13.5. The number of rotatable bonds is 8. The van der Waals surface area contributed by atoms with E-state index < -0.39 is 0 Å². The molecule has 0 heterocycles. The Bertz CT molecular complexity index is 224. The van der Waals surface area contributed by atoms with Crippen molar-refractivity contribution < 1.29 is 4.79 Å². The zero-order chi connectivity index (χ0) is 12.0. The van der Waals surface area contributed by atoms with Crippen LogP contribution in [0.1, 0.15) is 46.5 Å². The maximum Gasteiger partial charge on any atom is 0.224 e. The van der Waals surface area contributed by atoms with E-state index in [-0.39, 0.29) is 11.8 Å². The smallest absolute Gasteiger partial charge is 0.224 e. The predicted octanol–water partition coefficient (Wildman–Crippen LogP) is 1.93. The molecule has 1 aliphatic rings. The SMILES string of the molecule is CCCC1(CNC(=O)C(C)CNCC)CC1. The summed E-state index contributed by atoms with van der Waals surface area (Å²) in [5, 5.41) is 6.31. The molecule has 1 unspecified atom stereocenters. The molecule has 1 atom stereocenters. The normalized spacial score (nSPS) is 19.2. The van der Waals surface area contributed by atoms with Crippen LogP contribution in [-0.2, 0) is 4.79 Å². The zero-order valence-electron chi connectivity index (χ0n) is 10.9. The van der Waals surface area contributed by atoms with E-state index in [2.05, 4.69) is 24.5 Å². The fourth-order valence-electron chi connectivity index (χ4n) is 2.12. The third kappa shape index (κ3) is 4.12. The summed E-state index contributed by atoms with van der Waals surface area (Å²) in [6.07, 6.45) is 5.07. The number of nitrogens with one attached hydrogen (secondary N) is 2. The van der Waals surface area contributed by atoms with Crippen molar-refractivity contribution >= 4 is 5.91 Å². The van der Waals surface area contributed by atoms with Gasteiger partial charge >= 0.3 is 0 Å². The van der Waals surface area contributed by atoms with Gasteiger partial charge in [-0.05, 0) is 31.2 Å². The highest BCUT2D eigenvalue weighted by Crippen LogP contribution is 2.48. The molecular formula is C13H26N2O. The number of hydrogen-bond donors (Lipinski definition) is 2. The Morgan fingerprint density at radius 1 is 1.38 bits per heavy atom. The molecule has 0 radical (unpaired) electrons. The van der Waals surface area contributed by atoms with Gasteiger partial charge < -0.3 is 10.6 Å². The van der Waals surface area contributed by atoms with E-state index in [1.807, 2.05) is 6.92 Å². The number of hydrogen-bond acceptors (Lipinski definition) is 2. The van der Waals surface area contributed by atoms with Crippen LogP contribution in [0.25, 0.3) is 0 Å². The molecule has 1 amide bonds. The van der Waals surface area contributed by atoms with Gasteiger partial charge in [0.2, 0.25) is 5.91 Å². The summed E-state index contributed by atoms with van der Waals surface area (Å²) >= 11 is 0. The maximum atomic E-state index is 11.8. The van der Waals surface area contributed by atoms with E-state index in [0.717, 1.165) is 19.6 Å². The standard InChI is InChI=1S/C13H26N2O/c1-4-6-13(7-8-13)10-15-12(16)11(3)9-14-5-2/h11,14H,4-10H2,1-3H3,(H,15,16). The summed E-state index contributed by atoms with van der Waals surface area (Å²) in [6.45, 7) is 8.86. The van der Waals surface area contributed by atoms with Gasteiger partial charge in [0.25, 0.3) is 0 Å². The van der Waals surface area contributed by atoms with Gasteiger partial charge in [0.1, 0.15) is 0 Å². The molecule has 94 valence electrons. The topological polar surface area (TPSA) is 41.1 Å². The van der Waals surface area contributed by atoms with Crippen molar-refractivity contribution in [2.75, 3.05) is 19.6 Å². The average Bonchev–Trinajstić information content (AvgIpc) is 3.03. The van der Waals surface area contributed by atoms with Crippen LogP contribution in [-0.4, -0.2) is 25.5 Å². The van der Waals surface area contributed by atoms with E-state index in [1.54, 1.807) is 0 Å². The third-order valence-corrected chi connectivity index (χ3v) is 3.52. The van der Waals surface area contributed by atoms with Gasteiger partial charge in [0.15, 0.2) is 0 Å². The summed E-state index contributed by atoms with van der Waals surface area (Å²) in [5.41, 5.74) is 0.461. The van der Waals surface area contributed by atoms with Crippen LogP contribution in [0.5, 0.6) is 0 Å². The molecule has 0 aromatic heterocycles. The molecule has 0 spiro atoms. The van der Waals surface area contributed by atoms with Crippen molar-refractivity contribution in [1.29, 1.82) is 0 Å². The van der Waals surface area contributed by atoms with Crippen LogP contribution < -0.4 is 10.6 Å². The molecule has 0 aromatic rings. The molecule has 2 N–H and O–H groups in total. The molecule has 16 heavy (non-hydrogen) atoms. The van der Waals surface area contributed by atoms with Gasteiger partial charge in [-0.3, -0.25) is 4.79 Å². The second-order valence-corrected chi connectivity index (χ2v) is 5.18. The van der Waals surface area contributed by atoms with Crippen LogP contribution in [0, 0.1) is 11.3 Å². The minimum atomic E-state index is 0.0809. The number of carbonyl (C=O) groups is 1. The van der Waals surface area contributed by atoms with E-state index in [1.165, 1.54) is 25.7 Å². The summed E-state index contributed by atoms with van der Waals surface area (Å²) in [5.74, 6) is 0.278. The van der Waals surface area contributed by atoms with E-state index in [9.17, 15) is 4.79 Å². The fraction of sp³-hybridized carbons (Fsp3) is 0.923. The monoisotopic (exact) mass is 226 g/mol. The Hall–Kier alpha value is -0.570. The number of amides is 1. The molecule has 0 aromatic carbocycles. The quantitative estimate of drug-likeness (QED) is 0.664. The average molecular weight is 226 g/mol. The highest BCUT2D eigenvalue weighted by molar-refractivity contribution is 5.78. The molecule has 1 rings (SSSR count).